The van der Waals surface area contributed by atoms with Gasteiger partial charge in [0.05, 0.1) is 0 Å². The first kappa shape index (κ1) is 19.6. The van der Waals surface area contributed by atoms with Crippen LogP contribution in [-0.4, -0.2) is 24.7 Å². The largest absolute Gasteiger partial charge is 0.381 e. The van der Waals surface area contributed by atoms with Crippen LogP contribution < -0.4 is 5.32 Å². The van der Waals surface area contributed by atoms with Gasteiger partial charge in [-0.2, -0.15) is 0 Å². The van der Waals surface area contributed by atoms with Crippen molar-refractivity contribution in [1.82, 2.24) is 10.3 Å². The Hall–Kier alpha value is -1.71. The lowest BCUT2D eigenvalue weighted by Crippen LogP contribution is -2.14. The van der Waals surface area contributed by atoms with Gasteiger partial charge in [0.25, 0.3) is 0 Å². The van der Waals surface area contributed by atoms with E-state index in [1.807, 2.05) is 12.3 Å². The van der Waals surface area contributed by atoms with E-state index in [9.17, 15) is 0 Å². The van der Waals surface area contributed by atoms with E-state index < -0.39 is 0 Å². The fourth-order valence-corrected chi connectivity index (χ4v) is 2.79. The first-order valence-corrected chi connectivity index (χ1v) is 9.67. The van der Waals surface area contributed by atoms with E-state index in [-0.39, 0.29) is 0 Å². The molecule has 0 unspecified atom stereocenters. The molecule has 0 saturated heterocycles. The summed E-state index contributed by atoms with van der Waals surface area (Å²) in [5, 5.41) is 3.50. The lowest BCUT2D eigenvalue weighted by atomic mass is 10.2. The minimum Gasteiger partial charge on any atom is -0.381 e. The highest BCUT2D eigenvalue weighted by molar-refractivity contribution is 5.14. The third-order valence-electron chi connectivity index (χ3n) is 4.26. The molecule has 0 bridgehead atoms. The minimum atomic E-state index is 0.880. The molecular formula is C22H32N2O. The number of aromatic nitrogens is 1. The molecule has 0 fully saturated rings. The van der Waals surface area contributed by atoms with Gasteiger partial charge >= 0.3 is 0 Å². The Morgan fingerprint density at radius 1 is 0.760 bits per heavy atom. The molecule has 3 nitrogen and oxygen atoms in total. The molecule has 0 amide bonds. The molecule has 1 aromatic heterocycles. The van der Waals surface area contributed by atoms with E-state index in [0.29, 0.717) is 0 Å². The van der Waals surface area contributed by atoms with Gasteiger partial charge in [-0.3, -0.25) is 4.98 Å². The standard InChI is InChI=1S/C22H32N2O/c1(8-16-23-20-21-12-4-3-5-13-21)2-10-18-25-19-11-7-15-22-14-6-9-17-24-22/h3-6,9,12-14,17,23H,1-2,7-8,10-11,15-16,18-20H2. The number of benzene rings is 1. The van der Waals surface area contributed by atoms with Crippen molar-refractivity contribution in [3.8, 4) is 0 Å². The third kappa shape index (κ3) is 10.0. The molecule has 136 valence electrons. The van der Waals surface area contributed by atoms with E-state index in [1.54, 1.807) is 0 Å². The van der Waals surface area contributed by atoms with E-state index in [4.69, 9.17) is 4.74 Å². The second-order valence-corrected chi connectivity index (χ2v) is 6.47. The van der Waals surface area contributed by atoms with E-state index >= 15 is 0 Å². The van der Waals surface area contributed by atoms with Crippen LogP contribution in [-0.2, 0) is 17.7 Å². The second-order valence-electron chi connectivity index (χ2n) is 6.47. The van der Waals surface area contributed by atoms with Crippen molar-refractivity contribution in [2.24, 2.45) is 0 Å². The Morgan fingerprint density at radius 3 is 2.32 bits per heavy atom. The maximum absolute atomic E-state index is 5.72. The molecule has 2 rings (SSSR count). The van der Waals surface area contributed by atoms with Crippen LogP contribution in [0.15, 0.2) is 54.7 Å². The highest BCUT2D eigenvalue weighted by Gasteiger charge is 1.95. The Balaban J connectivity index is 1.30. The topological polar surface area (TPSA) is 34.1 Å². The van der Waals surface area contributed by atoms with Gasteiger partial charge in [0.1, 0.15) is 0 Å². The molecule has 0 spiro atoms. The van der Waals surface area contributed by atoms with Gasteiger partial charge in [0.2, 0.25) is 0 Å². The van der Waals surface area contributed by atoms with Crippen molar-refractivity contribution in [2.45, 2.75) is 51.5 Å². The normalized spacial score (nSPS) is 10.9. The van der Waals surface area contributed by atoms with Crippen LogP contribution in [0.2, 0.25) is 0 Å². The number of ether oxygens (including phenoxy) is 1. The van der Waals surface area contributed by atoms with Crippen LogP contribution in [0.4, 0.5) is 0 Å². The van der Waals surface area contributed by atoms with Gasteiger partial charge < -0.3 is 10.1 Å². The first-order valence-electron chi connectivity index (χ1n) is 9.67. The number of hydrogen-bond donors (Lipinski definition) is 1. The van der Waals surface area contributed by atoms with Crippen molar-refractivity contribution >= 4 is 0 Å². The Kier molecular flexibility index (Phi) is 10.6. The number of aryl methyl sites for hydroxylation is 1. The molecule has 1 aromatic carbocycles. The number of rotatable bonds is 14. The molecule has 0 aliphatic carbocycles. The monoisotopic (exact) mass is 340 g/mol. The van der Waals surface area contributed by atoms with Crippen molar-refractivity contribution in [2.75, 3.05) is 19.8 Å². The molecule has 3 heteroatoms. The molecular weight excluding hydrogens is 308 g/mol. The zero-order valence-electron chi connectivity index (χ0n) is 15.3. The van der Waals surface area contributed by atoms with E-state index in [0.717, 1.165) is 45.6 Å². The lowest BCUT2D eigenvalue weighted by molar-refractivity contribution is 0.126. The fraction of sp³-hybridized carbons (Fsp3) is 0.500. The van der Waals surface area contributed by atoms with Gasteiger partial charge in [0, 0.05) is 31.6 Å². The van der Waals surface area contributed by atoms with Gasteiger partial charge in [-0.25, -0.2) is 0 Å². The quantitative estimate of drug-likeness (QED) is 0.503. The SMILES string of the molecule is c1ccc(CNCCCCCCOCCCCc2ccccn2)cc1. The molecule has 0 aliphatic rings. The zero-order chi connectivity index (χ0) is 17.4. The smallest absolute Gasteiger partial charge is 0.0466 e. The summed E-state index contributed by atoms with van der Waals surface area (Å²) in [7, 11) is 0. The molecule has 0 saturated carbocycles. The number of hydrogen-bond acceptors (Lipinski definition) is 3. The average molecular weight is 341 g/mol. The van der Waals surface area contributed by atoms with E-state index in [1.165, 1.54) is 36.9 Å². The Bertz CT molecular complexity index is 481. The third-order valence-corrected chi connectivity index (χ3v) is 4.26. The molecule has 0 aliphatic heterocycles. The van der Waals surface area contributed by atoms with Gasteiger partial charge in [-0.05, 0) is 56.3 Å². The van der Waals surface area contributed by atoms with Crippen molar-refractivity contribution < 1.29 is 4.74 Å². The molecule has 25 heavy (non-hydrogen) atoms. The number of nitrogens with zero attached hydrogens (tertiary/aromatic N) is 1. The average Bonchev–Trinajstić information content (AvgIpc) is 2.67. The summed E-state index contributed by atoms with van der Waals surface area (Å²) in [6, 6.07) is 16.7. The number of unbranched alkanes of at least 4 members (excludes halogenated alkanes) is 4. The van der Waals surface area contributed by atoms with E-state index in [2.05, 4.69) is 52.8 Å². The summed E-state index contributed by atoms with van der Waals surface area (Å²) in [5.74, 6) is 0. The fourth-order valence-electron chi connectivity index (χ4n) is 2.79. The van der Waals surface area contributed by atoms with Crippen LogP contribution in [0.25, 0.3) is 0 Å². The molecule has 0 radical (unpaired) electrons. The van der Waals surface area contributed by atoms with Gasteiger partial charge in [0.15, 0.2) is 0 Å². The van der Waals surface area contributed by atoms with Crippen LogP contribution in [0.3, 0.4) is 0 Å². The molecule has 1 N–H and O–H groups in total. The first-order chi connectivity index (χ1) is 12.4. The summed E-state index contributed by atoms with van der Waals surface area (Å²) in [4.78, 5) is 4.34. The highest BCUT2D eigenvalue weighted by atomic mass is 16.5. The van der Waals surface area contributed by atoms with Gasteiger partial charge in [-0.15, -0.1) is 0 Å². The van der Waals surface area contributed by atoms with Crippen LogP contribution >= 0.6 is 0 Å². The van der Waals surface area contributed by atoms with Crippen molar-refractivity contribution in [3.05, 3.63) is 66.0 Å². The molecule has 1 heterocycles. The summed E-state index contributed by atoms with van der Waals surface area (Å²) in [6.45, 7) is 3.86. The maximum atomic E-state index is 5.72. The maximum Gasteiger partial charge on any atom is 0.0466 e. The summed E-state index contributed by atoms with van der Waals surface area (Å²) in [6.07, 6.45) is 10.2. The summed E-state index contributed by atoms with van der Waals surface area (Å²) in [5.41, 5.74) is 2.54. The predicted octanol–water partition coefficient (Wildman–Crippen LogP) is 4.77. The molecule has 0 atom stereocenters. The van der Waals surface area contributed by atoms with Crippen LogP contribution in [0.1, 0.15) is 49.8 Å². The summed E-state index contributed by atoms with van der Waals surface area (Å²) >= 11 is 0. The van der Waals surface area contributed by atoms with Gasteiger partial charge in [-0.1, -0.05) is 49.2 Å². The zero-order valence-corrected chi connectivity index (χ0v) is 15.3. The summed E-state index contributed by atoms with van der Waals surface area (Å²) < 4.78 is 5.72. The Labute approximate surface area is 152 Å². The highest BCUT2D eigenvalue weighted by Crippen LogP contribution is 2.03. The van der Waals surface area contributed by atoms with Crippen molar-refractivity contribution in [1.29, 1.82) is 0 Å². The van der Waals surface area contributed by atoms with Crippen LogP contribution in [0.5, 0.6) is 0 Å². The Morgan fingerprint density at radius 2 is 1.52 bits per heavy atom. The number of pyridine rings is 1. The number of nitrogens with one attached hydrogen (secondary N) is 1. The molecule has 2 aromatic rings. The lowest BCUT2D eigenvalue weighted by Gasteiger charge is -2.06. The van der Waals surface area contributed by atoms with Crippen LogP contribution in [0, 0.1) is 0 Å². The predicted molar refractivity (Wildman–Crippen MR) is 105 cm³/mol. The van der Waals surface area contributed by atoms with Crippen molar-refractivity contribution in [3.63, 3.8) is 0 Å². The minimum absolute atomic E-state index is 0.880. The second kappa shape index (κ2) is 13.6.